The molecule has 0 unspecified atom stereocenters. The van der Waals surface area contributed by atoms with Gasteiger partial charge in [-0.1, -0.05) is 6.07 Å². The molecule has 4 heteroatoms. The van der Waals surface area contributed by atoms with E-state index in [0.29, 0.717) is 6.26 Å². The molecular weight excluding hydrogens is 178 g/mol. The second-order valence-electron chi connectivity index (χ2n) is 2.53. The quantitative estimate of drug-likeness (QED) is 0.624. The summed E-state index contributed by atoms with van der Waals surface area (Å²) in [6.45, 7) is 0. The molecular formula is C9H4F2O2. The van der Waals surface area contributed by atoms with Crippen LogP contribution in [-0.2, 0) is 0 Å². The molecule has 13 heavy (non-hydrogen) atoms. The molecule has 0 aliphatic carbocycles. The summed E-state index contributed by atoms with van der Waals surface area (Å²) in [5, 5.41) is -0.0833. The van der Waals surface area contributed by atoms with Crippen LogP contribution in [-0.4, -0.2) is 0 Å². The fourth-order valence-corrected chi connectivity index (χ4v) is 1.10. The predicted octanol–water partition coefficient (Wildman–Crippen LogP) is 2.07. The van der Waals surface area contributed by atoms with Crippen molar-refractivity contribution in [3.63, 3.8) is 0 Å². The van der Waals surface area contributed by atoms with E-state index in [1.807, 2.05) is 0 Å². The lowest BCUT2D eigenvalue weighted by Crippen LogP contribution is -2.05. The van der Waals surface area contributed by atoms with Gasteiger partial charge in [0.1, 0.15) is 6.26 Å². The van der Waals surface area contributed by atoms with Crippen molar-refractivity contribution in [3.05, 3.63) is 46.3 Å². The molecule has 0 saturated carbocycles. The minimum Gasteiger partial charge on any atom is -0.458 e. The Morgan fingerprint density at radius 1 is 1.15 bits per heavy atom. The van der Waals surface area contributed by atoms with Gasteiger partial charge >= 0.3 is 0 Å². The molecule has 0 fully saturated rings. The fraction of sp³-hybridized carbons (Fsp3) is 0. The summed E-state index contributed by atoms with van der Waals surface area (Å²) in [6, 6.07) is 3.78. The van der Waals surface area contributed by atoms with Crippen LogP contribution in [0, 0.1) is 11.6 Å². The molecule has 0 amide bonds. The van der Waals surface area contributed by atoms with Crippen molar-refractivity contribution >= 4 is 11.0 Å². The predicted molar refractivity (Wildman–Crippen MR) is 42.4 cm³/mol. The van der Waals surface area contributed by atoms with Crippen LogP contribution in [0.15, 0.2) is 33.7 Å². The SMILES string of the molecule is O=c1c(F)coc2c(F)cccc12. The summed E-state index contributed by atoms with van der Waals surface area (Å²) < 4.78 is 30.2. The number of rotatable bonds is 0. The van der Waals surface area contributed by atoms with Crippen molar-refractivity contribution in [2.75, 3.05) is 0 Å². The minimum atomic E-state index is -1.02. The highest BCUT2D eigenvalue weighted by molar-refractivity contribution is 5.76. The Bertz CT molecular complexity index is 516. The van der Waals surface area contributed by atoms with Gasteiger partial charge in [-0.3, -0.25) is 4.79 Å². The monoisotopic (exact) mass is 182 g/mol. The number of fused-ring (bicyclic) bond motifs is 1. The second kappa shape index (κ2) is 2.65. The Morgan fingerprint density at radius 2 is 1.92 bits per heavy atom. The molecule has 0 bridgehead atoms. The van der Waals surface area contributed by atoms with Gasteiger partial charge in [0, 0.05) is 0 Å². The van der Waals surface area contributed by atoms with Crippen molar-refractivity contribution in [3.8, 4) is 0 Å². The molecule has 0 spiro atoms. The maximum Gasteiger partial charge on any atom is 0.228 e. The van der Waals surface area contributed by atoms with Crippen LogP contribution in [0.5, 0.6) is 0 Å². The van der Waals surface area contributed by atoms with Crippen molar-refractivity contribution in [2.45, 2.75) is 0 Å². The van der Waals surface area contributed by atoms with Gasteiger partial charge in [0.05, 0.1) is 5.39 Å². The molecule has 66 valence electrons. The molecule has 0 N–H and O–H groups in total. The van der Waals surface area contributed by atoms with E-state index in [4.69, 9.17) is 0 Å². The summed E-state index contributed by atoms with van der Waals surface area (Å²) >= 11 is 0. The molecule has 0 aliphatic heterocycles. The topological polar surface area (TPSA) is 30.2 Å². The smallest absolute Gasteiger partial charge is 0.228 e. The Labute approximate surface area is 71.4 Å². The van der Waals surface area contributed by atoms with Crippen LogP contribution in [0.25, 0.3) is 11.0 Å². The van der Waals surface area contributed by atoms with Crippen LogP contribution in [0.2, 0.25) is 0 Å². The molecule has 0 aliphatic rings. The molecule has 2 rings (SSSR count). The van der Waals surface area contributed by atoms with E-state index in [0.717, 1.165) is 6.07 Å². The second-order valence-corrected chi connectivity index (χ2v) is 2.53. The fourth-order valence-electron chi connectivity index (χ4n) is 1.10. The lowest BCUT2D eigenvalue weighted by molar-refractivity contribution is 0.501. The number of halogens is 2. The summed E-state index contributed by atoms with van der Waals surface area (Å²) in [4.78, 5) is 11.1. The third-order valence-corrected chi connectivity index (χ3v) is 1.71. The number of hydrogen-bond acceptors (Lipinski definition) is 2. The molecule has 2 aromatic rings. The molecule has 0 saturated heterocycles. The lowest BCUT2D eigenvalue weighted by Gasteiger charge is -1.96. The van der Waals surface area contributed by atoms with Gasteiger partial charge in [-0.05, 0) is 12.1 Å². The van der Waals surface area contributed by atoms with Gasteiger partial charge in [-0.25, -0.2) is 4.39 Å². The van der Waals surface area contributed by atoms with Crippen LogP contribution >= 0.6 is 0 Å². The first-order valence-corrected chi connectivity index (χ1v) is 3.55. The van der Waals surface area contributed by atoms with E-state index >= 15 is 0 Å². The molecule has 0 radical (unpaired) electrons. The van der Waals surface area contributed by atoms with Crippen LogP contribution in [0.1, 0.15) is 0 Å². The molecule has 1 aromatic heterocycles. The van der Waals surface area contributed by atoms with Crippen molar-refractivity contribution in [1.82, 2.24) is 0 Å². The minimum absolute atomic E-state index is 0.0833. The van der Waals surface area contributed by atoms with Gasteiger partial charge in [-0.2, -0.15) is 4.39 Å². The van der Waals surface area contributed by atoms with Gasteiger partial charge < -0.3 is 4.42 Å². The van der Waals surface area contributed by atoms with E-state index in [9.17, 15) is 13.6 Å². The van der Waals surface area contributed by atoms with Gasteiger partial charge in [0.2, 0.25) is 11.2 Å². The van der Waals surface area contributed by atoms with Crippen LogP contribution < -0.4 is 5.43 Å². The molecule has 1 heterocycles. The molecule has 0 atom stereocenters. The van der Waals surface area contributed by atoms with Crippen molar-refractivity contribution in [1.29, 1.82) is 0 Å². The average molecular weight is 182 g/mol. The molecule has 2 nitrogen and oxygen atoms in total. The van der Waals surface area contributed by atoms with Crippen molar-refractivity contribution < 1.29 is 13.2 Å². The summed E-state index contributed by atoms with van der Waals surface area (Å²) in [7, 11) is 0. The van der Waals surface area contributed by atoms with Gasteiger partial charge in [-0.15, -0.1) is 0 Å². The van der Waals surface area contributed by atoms with E-state index in [1.165, 1.54) is 12.1 Å². The van der Waals surface area contributed by atoms with Gasteiger partial charge in [0.25, 0.3) is 0 Å². The zero-order valence-corrected chi connectivity index (χ0v) is 6.38. The maximum atomic E-state index is 12.9. The lowest BCUT2D eigenvalue weighted by atomic mass is 10.2. The number of benzene rings is 1. The highest BCUT2D eigenvalue weighted by Crippen LogP contribution is 2.14. The van der Waals surface area contributed by atoms with Gasteiger partial charge in [0.15, 0.2) is 11.4 Å². The summed E-state index contributed by atoms with van der Waals surface area (Å²) in [5.41, 5.74) is -1.06. The Kier molecular flexibility index (Phi) is 1.62. The highest BCUT2D eigenvalue weighted by atomic mass is 19.1. The average Bonchev–Trinajstić information content (AvgIpc) is 2.12. The number of para-hydroxylation sites is 1. The molecule has 1 aromatic carbocycles. The highest BCUT2D eigenvalue weighted by Gasteiger charge is 2.08. The standard InChI is InChI=1S/C9H4F2O2/c10-6-3-1-2-5-8(12)7(11)4-13-9(5)6/h1-4H. The Morgan fingerprint density at radius 3 is 2.69 bits per heavy atom. The first-order valence-electron chi connectivity index (χ1n) is 3.55. The van der Waals surface area contributed by atoms with E-state index in [-0.39, 0.29) is 11.0 Å². The van der Waals surface area contributed by atoms with Crippen molar-refractivity contribution in [2.24, 2.45) is 0 Å². The number of hydrogen-bond donors (Lipinski definition) is 0. The third kappa shape index (κ3) is 1.11. The maximum absolute atomic E-state index is 12.9. The zero-order valence-electron chi connectivity index (χ0n) is 6.38. The summed E-state index contributed by atoms with van der Waals surface area (Å²) in [6.07, 6.45) is 0.605. The zero-order chi connectivity index (χ0) is 9.42. The Balaban J connectivity index is 3.03. The van der Waals surface area contributed by atoms with E-state index in [1.54, 1.807) is 0 Å². The first-order chi connectivity index (χ1) is 6.20. The van der Waals surface area contributed by atoms with Crippen LogP contribution in [0.4, 0.5) is 8.78 Å². The summed E-state index contributed by atoms with van der Waals surface area (Å²) in [5.74, 6) is -1.69. The third-order valence-electron chi connectivity index (χ3n) is 1.71. The normalized spacial score (nSPS) is 10.6. The van der Waals surface area contributed by atoms with E-state index in [2.05, 4.69) is 4.42 Å². The first kappa shape index (κ1) is 7.91. The van der Waals surface area contributed by atoms with E-state index < -0.39 is 17.1 Å². The largest absolute Gasteiger partial charge is 0.458 e. The Hall–Kier alpha value is -1.71. The van der Waals surface area contributed by atoms with Crippen LogP contribution in [0.3, 0.4) is 0 Å².